The Hall–Kier alpha value is -3.71. The Morgan fingerprint density at radius 2 is 2.03 bits per heavy atom. The largest absolute Gasteiger partial charge is 0.449 e. The smallest absolute Gasteiger partial charge is 0.338 e. The number of hydrogen-bond acceptors (Lipinski definition) is 5. The van der Waals surface area contributed by atoms with Gasteiger partial charge >= 0.3 is 5.97 Å². The second-order valence-corrected chi connectivity index (χ2v) is 7.30. The molecular weight excluding hydrogens is 416 g/mol. The SMILES string of the molecule is CCC(OC(=O)c1ccc2nc(-c3cccnc3)[nH]c2c1)C(=O)Nc1cccc(Cl)c1. The Bertz CT molecular complexity index is 1240. The van der Waals surface area contributed by atoms with Crippen molar-refractivity contribution < 1.29 is 14.3 Å². The summed E-state index contributed by atoms with van der Waals surface area (Å²) in [6.45, 7) is 1.77. The van der Waals surface area contributed by atoms with Gasteiger partial charge in [0.15, 0.2) is 6.10 Å². The Balaban J connectivity index is 1.49. The lowest BCUT2D eigenvalue weighted by atomic mass is 10.2. The molecule has 0 saturated heterocycles. The molecule has 2 aromatic carbocycles. The zero-order valence-corrected chi connectivity index (χ0v) is 17.4. The molecule has 2 aromatic heterocycles. The van der Waals surface area contributed by atoms with Crippen molar-refractivity contribution in [2.24, 2.45) is 0 Å². The fourth-order valence-corrected chi connectivity index (χ4v) is 3.27. The highest BCUT2D eigenvalue weighted by Crippen LogP contribution is 2.21. The predicted octanol–water partition coefficient (Wildman–Crippen LogP) is 4.85. The molecule has 1 amide bonds. The summed E-state index contributed by atoms with van der Waals surface area (Å²) in [7, 11) is 0. The molecule has 0 aliphatic carbocycles. The first kappa shape index (κ1) is 20.6. The summed E-state index contributed by atoms with van der Waals surface area (Å²) >= 11 is 5.95. The van der Waals surface area contributed by atoms with Crippen molar-refractivity contribution in [1.82, 2.24) is 15.0 Å². The minimum atomic E-state index is -0.935. The summed E-state index contributed by atoms with van der Waals surface area (Å²) in [4.78, 5) is 37.0. The minimum absolute atomic E-state index is 0.322. The van der Waals surface area contributed by atoms with Crippen molar-refractivity contribution in [3.63, 3.8) is 0 Å². The van der Waals surface area contributed by atoms with Crippen LogP contribution in [0.25, 0.3) is 22.4 Å². The van der Waals surface area contributed by atoms with E-state index in [-0.39, 0.29) is 0 Å². The van der Waals surface area contributed by atoms with Gasteiger partial charge in [-0.15, -0.1) is 0 Å². The third-order valence-electron chi connectivity index (χ3n) is 4.66. The number of ether oxygens (including phenoxy) is 1. The number of carbonyl (C=O) groups excluding carboxylic acids is 2. The maximum atomic E-state index is 12.7. The molecule has 0 radical (unpaired) electrons. The van der Waals surface area contributed by atoms with Crippen molar-refractivity contribution in [2.45, 2.75) is 19.4 Å². The van der Waals surface area contributed by atoms with E-state index in [4.69, 9.17) is 16.3 Å². The van der Waals surface area contributed by atoms with E-state index >= 15 is 0 Å². The number of aromatic amines is 1. The summed E-state index contributed by atoms with van der Waals surface area (Å²) in [5, 5.41) is 3.22. The molecule has 0 aliphatic rings. The van der Waals surface area contributed by atoms with Gasteiger partial charge in [0.05, 0.1) is 16.6 Å². The van der Waals surface area contributed by atoms with Crippen LogP contribution < -0.4 is 5.32 Å². The van der Waals surface area contributed by atoms with Crippen LogP contribution in [-0.2, 0) is 9.53 Å². The third-order valence-corrected chi connectivity index (χ3v) is 4.89. The number of nitrogens with one attached hydrogen (secondary N) is 2. The lowest BCUT2D eigenvalue weighted by Crippen LogP contribution is -2.32. The standard InChI is InChI=1S/C23H19ClN4O3/c1-2-20(22(29)26-17-7-3-6-16(24)12-17)31-23(30)14-8-9-18-19(11-14)28-21(27-18)15-5-4-10-25-13-15/h3-13,20H,2H2,1H3,(H,26,29)(H,27,28). The molecule has 4 aromatic rings. The first-order valence-electron chi connectivity index (χ1n) is 9.71. The number of carbonyl (C=O) groups is 2. The van der Waals surface area contributed by atoms with Gasteiger partial charge in [-0.25, -0.2) is 9.78 Å². The average Bonchev–Trinajstić information content (AvgIpc) is 3.21. The number of nitrogens with zero attached hydrogens (tertiary/aromatic N) is 2. The number of fused-ring (bicyclic) bond motifs is 1. The van der Waals surface area contributed by atoms with E-state index < -0.39 is 18.0 Å². The lowest BCUT2D eigenvalue weighted by molar-refractivity contribution is -0.124. The number of H-pyrrole nitrogens is 1. The van der Waals surface area contributed by atoms with Crippen LogP contribution in [0.2, 0.25) is 5.02 Å². The average molecular weight is 435 g/mol. The number of imidazole rings is 1. The summed E-state index contributed by atoms with van der Waals surface area (Å²) in [6.07, 6.45) is 2.79. The van der Waals surface area contributed by atoms with Crippen LogP contribution >= 0.6 is 11.6 Å². The normalized spacial score (nSPS) is 11.8. The Morgan fingerprint density at radius 1 is 1.16 bits per heavy atom. The number of halogens is 1. The predicted molar refractivity (Wildman–Crippen MR) is 119 cm³/mol. The topological polar surface area (TPSA) is 97.0 Å². The molecule has 8 heteroatoms. The summed E-state index contributed by atoms with van der Waals surface area (Å²) < 4.78 is 5.46. The van der Waals surface area contributed by atoms with Gasteiger partial charge < -0.3 is 15.0 Å². The number of amides is 1. The Kier molecular flexibility index (Phi) is 5.95. The molecule has 0 aliphatic heterocycles. The van der Waals surface area contributed by atoms with Crippen LogP contribution in [0.4, 0.5) is 5.69 Å². The van der Waals surface area contributed by atoms with Gasteiger partial charge in [0, 0.05) is 28.7 Å². The second-order valence-electron chi connectivity index (χ2n) is 6.86. The van der Waals surface area contributed by atoms with Crippen LogP contribution in [0.1, 0.15) is 23.7 Å². The second kappa shape index (κ2) is 8.97. The summed E-state index contributed by atoms with van der Waals surface area (Å²) in [6, 6.07) is 15.5. The number of rotatable bonds is 6. The lowest BCUT2D eigenvalue weighted by Gasteiger charge is -2.16. The maximum Gasteiger partial charge on any atom is 0.338 e. The molecule has 31 heavy (non-hydrogen) atoms. The molecule has 0 spiro atoms. The number of aromatic nitrogens is 3. The zero-order chi connectivity index (χ0) is 21.8. The first-order chi connectivity index (χ1) is 15.0. The van der Waals surface area contributed by atoms with E-state index in [0.29, 0.717) is 39.6 Å². The van der Waals surface area contributed by atoms with Crippen LogP contribution in [0.5, 0.6) is 0 Å². The molecule has 0 fully saturated rings. The fraction of sp³-hybridized carbons (Fsp3) is 0.130. The number of pyridine rings is 1. The Labute approximate surface area is 183 Å². The minimum Gasteiger partial charge on any atom is -0.449 e. The summed E-state index contributed by atoms with van der Waals surface area (Å²) in [5.41, 5.74) is 3.09. The molecule has 2 N–H and O–H groups in total. The van der Waals surface area contributed by atoms with Gasteiger partial charge in [-0.1, -0.05) is 24.6 Å². The van der Waals surface area contributed by atoms with Gasteiger partial charge in [-0.3, -0.25) is 9.78 Å². The number of benzene rings is 2. The molecule has 1 atom stereocenters. The van der Waals surface area contributed by atoms with E-state index in [1.54, 1.807) is 61.8 Å². The third kappa shape index (κ3) is 4.73. The molecule has 7 nitrogen and oxygen atoms in total. The number of esters is 1. The van der Waals surface area contributed by atoms with Crippen molar-refractivity contribution in [3.05, 3.63) is 77.6 Å². The van der Waals surface area contributed by atoms with Crippen molar-refractivity contribution in [2.75, 3.05) is 5.32 Å². The molecule has 1 unspecified atom stereocenters. The molecule has 0 saturated carbocycles. The zero-order valence-electron chi connectivity index (χ0n) is 16.6. The van der Waals surface area contributed by atoms with Gasteiger partial charge in [0.25, 0.3) is 5.91 Å². The molecule has 156 valence electrons. The monoisotopic (exact) mass is 434 g/mol. The van der Waals surface area contributed by atoms with E-state index in [1.807, 2.05) is 12.1 Å². The highest BCUT2D eigenvalue weighted by molar-refractivity contribution is 6.30. The van der Waals surface area contributed by atoms with Crippen molar-refractivity contribution in [1.29, 1.82) is 0 Å². The fourth-order valence-electron chi connectivity index (χ4n) is 3.08. The molecular formula is C23H19ClN4O3. The quantitative estimate of drug-likeness (QED) is 0.423. The highest BCUT2D eigenvalue weighted by atomic mass is 35.5. The van der Waals surface area contributed by atoms with Crippen molar-refractivity contribution >= 4 is 40.2 Å². The van der Waals surface area contributed by atoms with Crippen LogP contribution in [0.3, 0.4) is 0 Å². The van der Waals surface area contributed by atoms with Gasteiger partial charge in [-0.05, 0) is 55.0 Å². The van der Waals surface area contributed by atoms with Crippen molar-refractivity contribution in [3.8, 4) is 11.4 Å². The number of anilines is 1. The van der Waals surface area contributed by atoms with E-state index in [9.17, 15) is 9.59 Å². The maximum absolute atomic E-state index is 12.7. The van der Waals surface area contributed by atoms with E-state index in [0.717, 1.165) is 5.56 Å². The van der Waals surface area contributed by atoms with Gasteiger partial charge in [0.1, 0.15) is 5.82 Å². The van der Waals surface area contributed by atoms with Crippen LogP contribution in [0.15, 0.2) is 67.0 Å². The van der Waals surface area contributed by atoms with Crippen LogP contribution in [0, 0.1) is 0 Å². The Morgan fingerprint density at radius 3 is 2.77 bits per heavy atom. The van der Waals surface area contributed by atoms with Gasteiger partial charge in [0.2, 0.25) is 0 Å². The van der Waals surface area contributed by atoms with E-state index in [2.05, 4.69) is 20.3 Å². The summed E-state index contributed by atoms with van der Waals surface area (Å²) in [5.74, 6) is -0.354. The molecule has 0 bridgehead atoms. The highest BCUT2D eigenvalue weighted by Gasteiger charge is 2.22. The molecule has 2 heterocycles. The first-order valence-corrected chi connectivity index (χ1v) is 10.1. The molecule has 4 rings (SSSR count). The van der Waals surface area contributed by atoms with E-state index in [1.165, 1.54) is 0 Å². The van der Waals surface area contributed by atoms with Crippen LogP contribution in [-0.4, -0.2) is 32.9 Å². The number of hydrogen-bond donors (Lipinski definition) is 2. The van der Waals surface area contributed by atoms with Gasteiger partial charge in [-0.2, -0.15) is 0 Å².